The van der Waals surface area contributed by atoms with Gasteiger partial charge in [0, 0.05) is 37.1 Å². The Bertz CT molecular complexity index is 1170. The minimum Gasteiger partial charge on any atom is -0.378 e. The fourth-order valence-corrected chi connectivity index (χ4v) is 4.85. The van der Waals surface area contributed by atoms with Gasteiger partial charge in [0.05, 0.1) is 35.9 Å². The molecule has 1 aromatic heterocycles. The molecule has 2 aliphatic rings. The molecule has 0 radical (unpaired) electrons. The van der Waals surface area contributed by atoms with Crippen molar-refractivity contribution in [3.63, 3.8) is 0 Å². The molecule has 1 atom stereocenters. The number of hydrogen-bond donors (Lipinski definition) is 0. The molecule has 33 heavy (non-hydrogen) atoms. The Morgan fingerprint density at radius 3 is 2.55 bits per heavy atom. The van der Waals surface area contributed by atoms with Crippen LogP contribution in [0.4, 0.5) is 0 Å². The van der Waals surface area contributed by atoms with Gasteiger partial charge in [0.25, 0.3) is 5.91 Å². The minimum absolute atomic E-state index is 0.0235. The van der Waals surface area contributed by atoms with E-state index in [-0.39, 0.29) is 17.7 Å². The van der Waals surface area contributed by atoms with Gasteiger partial charge in [-0.3, -0.25) is 9.59 Å². The number of carbonyl (C=O) groups is 2. The number of benzene rings is 2. The van der Waals surface area contributed by atoms with Crippen molar-refractivity contribution in [1.29, 1.82) is 0 Å². The number of aryl methyl sites for hydroxylation is 1. The van der Waals surface area contributed by atoms with Crippen LogP contribution in [0.5, 0.6) is 0 Å². The lowest BCUT2D eigenvalue weighted by atomic mass is 9.94. The molecule has 0 unspecified atom stereocenters. The highest BCUT2D eigenvalue weighted by Crippen LogP contribution is 2.28. The number of nitrogens with zero attached hydrogens (tertiary/aromatic N) is 3. The second kappa shape index (κ2) is 9.32. The lowest BCUT2D eigenvalue weighted by molar-refractivity contribution is -0.141. The first-order valence-electron chi connectivity index (χ1n) is 11.7. The smallest absolute Gasteiger partial charge is 0.254 e. The fourth-order valence-electron chi connectivity index (χ4n) is 4.85. The Hall–Kier alpha value is -3.25. The molecule has 0 saturated carbocycles. The summed E-state index contributed by atoms with van der Waals surface area (Å²) in [6.07, 6.45) is 1.66. The molecule has 0 N–H and O–H groups in total. The third-order valence-electron chi connectivity index (χ3n) is 6.64. The number of ether oxygens (including phenoxy) is 1. The van der Waals surface area contributed by atoms with Gasteiger partial charge in [-0.05, 0) is 38.0 Å². The van der Waals surface area contributed by atoms with Crippen molar-refractivity contribution in [3.8, 4) is 11.3 Å². The Balaban J connectivity index is 1.46. The zero-order valence-electron chi connectivity index (χ0n) is 19.0. The first-order chi connectivity index (χ1) is 16.1. The number of amides is 2. The van der Waals surface area contributed by atoms with Crippen LogP contribution in [-0.4, -0.2) is 66.0 Å². The summed E-state index contributed by atoms with van der Waals surface area (Å²) in [7, 11) is 0. The Kier molecular flexibility index (Phi) is 6.09. The molecule has 2 amide bonds. The van der Waals surface area contributed by atoms with Crippen molar-refractivity contribution >= 4 is 22.7 Å². The van der Waals surface area contributed by atoms with Gasteiger partial charge in [-0.1, -0.05) is 42.0 Å². The number of aromatic nitrogens is 1. The van der Waals surface area contributed by atoms with E-state index in [9.17, 15) is 9.59 Å². The second-order valence-electron chi connectivity index (χ2n) is 8.97. The van der Waals surface area contributed by atoms with Crippen molar-refractivity contribution in [2.24, 2.45) is 5.92 Å². The van der Waals surface area contributed by atoms with Crippen molar-refractivity contribution in [3.05, 3.63) is 65.7 Å². The first-order valence-corrected chi connectivity index (χ1v) is 11.7. The zero-order chi connectivity index (χ0) is 22.8. The Morgan fingerprint density at radius 2 is 1.76 bits per heavy atom. The first kappa shape index (κ1) is 21.6. The predicted molar refractivity (Wildman–Crippen MR) is 128 cm³/mol. The predicted octanol–water partition coefficient (Wildman–Crippen LogP) is 3.92. The van der Waals surface area contributed by atoms with E-state index in [1.807, 2.05) is 71.3 Å². The zero-order valence-corrected chi connectivity index (χ0v) is 19.0. The molecular weight excluding hydrogens is 414 g/mol. The Morgan fingerprint density at radius 1 is 0.970 bits per heavy atom. The van der Waals surface area contributed by atoms with E-state index in [4.69, 9.17) is 9.72 Å². The highest BCUT2D eigenvalue weighted by Gasteiger charge is 2.32. The molecule has 2 fully saturated rings. The average molecular weight is 444 g/mol. The van der Waals surface area contributed by atoms with E-state index in [1.54, 1.807) is 0 Å². The standard InChI is InChI=1S/C27H29N3O3/c1-19-9-10-24-22(16-19)23(17-25(28-24)20-6-3-2-4-7-20)27(32)30-11-5-8-21(18-30)26(31)29-12-14-33-15-13-29/h2-4,6-7,9-10,16-17,21H,5,8,11-15,18H2,1H3/t21-/m1/s1. The Labute approximate surface area is 194 Å². The van der Waals surface area contributed by atoms with E-state index in [0.29, 0.717) is 45.0 Å². The minimum atomic E-state index is -0.149. The summed E-state index contributed by atoms with van der Waals surface area (Å²) in [6, 6.07) is 17.9. The summed E-state index contributed by atoms with van der Waals surface area (Å²) in [5.74, 6) is -0.0231. The van der Waals surface area contributed by atoms with Crippen LogP contribution < -0.4 is 0 Å². The molecule has 0 aliphatic carbocycles. The van der Waals surface area contributed by atoms with Gasteiger partial charge in [0.15, 0.2) is 0 Å². The number of piperidine rings is 1. The molecule has 170 valence electrons. The molecule has 2 saturated heterocycles. The second-order valence-corrected chi connectivity index (χ2v) is 8.97. The van der Waals surface area contributed by atoms with E-state index in [0.717, 1.165) is 40.6 Å². The molecule has 3 aromatic rings. The summed E-state index contributed by atoms with van der Waals surface area (Å²) < 4.78 is 5.39. The van der Waals surface area contributed by atoms with Gasteiger partial charge in [-0.2, -0.15) is 0 Å². The highest BCUT2D eigenvalue weighted by atomic mass is 16.5. The summed E-state index contributed by atoms with van der Waals surface area (Å²) in [5.41, 5.74) is 4.32. The van der Waals surface area contributed by atoms with Gasteiger partial charge in [0.2, 0.25) is 5.91 Å². The highest BCUT2D eigenvalue weighted by molar-refractivity contribution is 6.07. The maximum Gasteiger partial charge on any atom is 0.254 e. The van der Waals surface area contributed by atoms with Crippen LogP contribution in [0.15, 0.2) is 54.6 Å². The maximum atomic E-state index is 13.8. The van der Waals surface area contributed by atoms with Crippen molar-refractivity contribution in [2.75, 3.05) is 39.4 Å². The number of likely N-dealkylation sites (tertiary alicyclic amines) is 1. The molecule has 2 aromatic carbocycles. The third-order valence-corrected chi connectivity index (χ3v) is 6.64. The monoisotopic (exact) mass is 443 g/mol. The van der Waals surface area contributed by atoms with Crippen LogP contribution in [0.1, 0.15) is 28.8 Å². The number of rotatable bonds is 3. The van der Waals surface area contributed by atoms with E-state index in [2.05, 4.69) is 0 Å². The molecular formula is C27H29N3O3. The topological polar surface area (TPSA) is 62.7 Å². The fraction of sp³-hybridized carbons (Fsp3) is 0.370. The lowest BCUT2D eigenvalue weighted by Gasteiger charge is -2.36. The van der Waals surface area contributed by atoms with Crippen molar-refractivity contribution in [1.82, 2.24) is 14.8 Å². The van der Waals surface area contributed by atoms with Crippen molar-refractivity contribution in [2.45, 2.75) is 19.8 Å². The largest absolute Gasteiger partial charge is 0.378 e. The summed E-state index contributed by atoms with van der Waals surface area (Å²) in [4.78, 5) is 35.5. The summed E-state index contributed by atoms with van der Waals surface area (Å²) in [5, 5.41) is 0.862. The van der Waals surface area contributed by atoms with Crippen LogP contribution in [0.25, 0.3) is 22.2 Å². The molecule has 0 spiro atoms. The molecule has 6 heteroatoms. The van der Waals surface area contributed by atoms with Crippen LogP contribution >= 0.6 is 0 Å². The summed E-state index contributed by atoms with van der Waals surface area (Å²) in [6.45, 7) is 5.61. The van der Waals surface area contributed by atoms with Crippen LogP contribution in [0.2, 0.25) is 0 Å². The maximum absolute atomic E-state index is 13.8. The number of morpholine rings is 1. The SMILES string of the molecule is Cc1ccc2nc(-c3ccccc3)cc(C(=O)N3CCC[C@@H](C(=O)N4CCOCC4)C3)c2c1. The normalized spacial score (nSPS) is 19.0. The van der Waals surface area contributed by atoms with Gasteiger partial charge in [0.1, 0.15) is 0 Å². The lowest BCUT2D eigenvalue weighted by Crippen LogP contribution is -2.49. The van der Waals surface area contributed by atoms with Crippen LogP contribution in [0, 0.1) is 12.8 Å². The number of pyridine rings is 1. The molecule has 5 rings (SSSR count). The quantitative estimate of drug-likeness (QED) is 0.616. The van der Waals surface area contributed by atoms with E-state index in [1.165, 1.54) is 0 Å². The van der Waals surface area contributed by atoms with Crippen LogP contribution in [0.3, 0.4) is 0 Å². The van der Waals surface area contributed by atoms with E-state index < -0.39 is 0 Å². The molecule has 0 bridgehead atoms. The third kappa shape index (κ3) is 4.48. The number of hydrogen-bond acceptors (Lipinski definition) is 4. The average Bonchev–Trinajstić information content (AvgIpc) is 2.88. The molecule has 2 aliphatic heterocycles. The van der Waals surface area contributed by atoms with Crippen LogP contribution in [-0.2, 0) is 9.53 Å². The molecule has 3 heterocycles. The van der Waals surface area contributed by atoms with Gasteiger partial charge >= 0.3 is 0 Å². The molecule has 6 nitrogen and oxygen atoms in total. The van der Waals surface area contributed by atoms with Gasteiger partial charge < -0.3 is 14.5 Å². The van der Waals surface area contributed by atoms with Gasteiger partial charge in [-0.25, -0.2) is 4.98 Å². The number of carbonyl (C=O) groups excluding carboxylic acids is 2. The number of fused-ring (bicyclic) bond motifs is 1. The summed E-state index contributed by atoms with van der Waals surface area (Å²) >= 11 is 0. The van der Waals surface area contributed by atoms with E-state index >= 15 is 0 Å². The van der Waals surface area contributed by atoms with Gasteiger partial charge in [-0.15, -0.1) is 0 Å². The van der Waals surface area contributed by atoms with Crippen molar-refractivity contribution < 1.29 is 14.3 Å².